The van der Waals surface area contributed by atoms with Gasteiger partial charge in [0.2, 0.25) is 0 Å². The summed E-state index contributed by atoms with van der Waals surface area (Å²) >= 11 is 7.38. The molecule has 3 aromatic rings. The van der Waals surface area contributed by atoms with Crippen molar-refractivity contribution in [1.29, 1.82) is 0 Å². The number of nitrogens with one attached hydrogen (secondary N) is 2. The third-order valence-corrected chi connectivity index (χ3v) is 8.10. The predicted octanol–water partition coefficient (Wildman–Crippen LogP) is 4.62. The number of para-hydroxylation sites is 1. The number of hydrogen-bond donors (Lipinski definition) is 2. The Morgan fingerprint density at radius 2 is 1.57 bits per heavy atom. The summed E-state index contributed by atoms with van der Waals surface area (Å²) in [4.78, 5) is 1.62. The van der Waals surface area contributed by atoms with Crippen molar-refractivity contribution in [3.05, 3.63) is 69.4 Å². The summed E-state index contributed by atoms with van der Waals surface area (Å²) < 4.78 is 55.4. The van der Waals surface area contributed by atoms with E-state index >= 15 is 0 Å². The molecule has 2 N–H and O–H groups in total. The van der Waals surface area contributed by atoms with Crippen LogP contribution in [0, 0.1) is 13.8 Å². The molecule has 0 bridgehead atoms. The Kier molecular flexibility index (Phi) is 5.72. The second-order valence-corrected chi connectivity index (χ2v) is 11.2. The van der Waals surface area contributed by atoms with Gasteiger partial charge >= 0.3 is 0 Å². The largest absolute Gasteiger partial charge is 0.280 e. The van der Waals surface area contributed by atoms with Crippen LogP contribution in [0.1, 0.15) is 9.75 Å². The van der Waals surface area contributed by atoms with Gasteiger partial charge in [-0.2, -0.15) is 0 Å². The standard InChI is InChI=1S/C18H17ClN2O4S3/c1-12-10-18(13(2)26-12)28(24,25)20-14-6-5-7-15(11-14)27(22,23)21-17-9-4-3-8-16(17)19/h3-11,20-21H,1-2H3. The average Bonchev–Trinajstić information content (AvgIpc) is 2.96. The fourth-order valence-corrected chi connectivity index (χ4v) is 6.53. The molecule has 1 heterocycles. The van der Waals surface area contributed by atoms with Crippen LogP contribution in [0.25, 0.3) is 0 Å². The zero-order chi connectivity index (χ0) is 20.5. The Labute approximate surface area is 173 Å². The zero-order valence-corrected chi connectivity index (χ0v) is 18.1. The Bertz CT molecular complexity index is 1240. The Hall–Kier alpha value is -2.07. The monoisotopic (exact) mass is 456 g/mol. The van der Waals surface area contributed by atoms with Crippen molar-refractivity contribution in [2.75, 3.05) is 9.44 Å². The molecule has 0 spiro atoms. The quantitative estimate of drug-likeness (QED) is 0.566. The molecule has 0 radical (unpaired) electrons. The van der Waals surface area contributed by atoms with E-state index in [1.54, 1.807) is 31.2 Å². The minimum atomic E-state index is -3.95. The van der Waals surface area contributed by atoms with Crippen molar-refractivity contribution in [3.63, 3.8) is 0 Å². The zero-order valence-electron chi connectivity index (χ0n) is 14.9. The fourth-order valence-electron chi connectivity index (χ4n) is 2.56. The maximum Gasteiger partial charge on any atom is 0.262 e. The average molecular weight is 457 g/mol. The predicted molar refractivity (Wildman–Crippen MR) is 113 cm³/mol. The van der Waals surface area contributed by atoms with Crippen LogP contribution in [-0.4, -0.2) is 16.8 Å². The molecule has 0 aliphatic heterocycles. The first kappa shape index (κ1) is 20.7. The SMILES string of the molecule is Cc1cc(S(=O)(=O)Nc2cccc(S(=O)(=O)Nc3ccccc3Cl)c2)c(C)s1. The first-order chi connectivity index (χ1) is 13.1. The van der Waals surface area contributed by atoms with Crippen LogP contribution in [0.3, 0.4) is 0 Å². The van der Waals surface area contributed by atoms with Crippen LogP contribution >= 0.6 is 22.9 Å². The third kappa shape index (κ3) is 4.49. The molecule has 0 unspecified atom stereocenters. The summed E-state index contributed by atoms with van der Waals surface area (Å²) in [5.74, 6) is 0. The molecule has 10 heteroatoms. The highest BCUT2D eigenvalue weighted by molar-refractivity contribution is 7.93. The van der Waals surface area contributed by atoms with E-state index in [0.29, 0.717) is 4.88 Å². The van der Waals surface area contributed by atoms with E-state index in [1.165, 1.54) is 41.7 Å². The molecule has 0 aliphatic rings. The van der Waals surface area contributed by atoms with Gasteiger partial charge in [0.25, 0.3) is 20.0 Å². The second kappa shape index (κ2) is 7.75. The number of halogens is 1. The molecule has 3 rings (SSSR count). The fraction of sp³-hybridized carbons (Fsp3) is 0.111. The van der Waals surface area contributed by atoms with E-state index in [1.807, 2.05) is 6.92 Å². The lowest BCUT2D eigenvalue weighted by molar-refractivity contribution is 0.598. The Morgan fingerprint density at radius 3 is 2.21 bits per heavy atom. The summed E-state index contributed by atoms with van der Waals surface area (Å²) in [7, 11) is -7.78. The molecule has 148 valence electrons. The molecular formula is C18H17ClN2O4S3. The van der Waals surface area contributed by atoms with Crippen LogP contribution in [-0.2, 0) is 20.0 Å². The number of benzene rings is 2. The van der Waals surface area contributed by atoms with E-state index in [-0.39, 0.29) is 26.2 Å². The molecule has 1 aromatic heterocycles. The molecule has 0 saturated heterocycles. The Balaban J connectivity index is 1.90. The summed E-state index contributed by atoms with van der Waals surface area (Å²) in [6.45, 7) is 3.55. The molecule has 6 nitrogen and oxygen atoms in total. The lowest BCUT2D eigenvalue weighted by atomic mass is 10.3. The first-order valence-electron chi connectivity index (χ1n) is 8.06. The summed E-state index contributed by atoms with van der Waals surface area (Å²) in [5.41, 5.74) is 0.379. The molecular weight excluding hydrogens is 440 g/mol. The number of aryl methyl sites for hydroxylation is 2. The minimum Gasteiger partial charge on any atom is -0.280 e. The van der Waals surface area contributed by atoms with Gasteiger partial charge in [0, 0.05) is 9.75 Å². The molecule has 2 aromatic carbocycles. The van der Waals surface area contributed by atoms with E-state index in [4.69, 9.17) is 11.6 Å². The van der Waals surface area contributed by atoms with Gasteiger partial charge in [0.15, 0.2) is 0 Å². The van der Waals surface area contributed by atoms with E-state index in [0.717, 1.165) is 4.88 Å². The van der Waals surface area contributed by atoms with Gasteiger partial charge in [0.1, 0.15) is 4.90 Å². The van der Waals surface area contributed by atoms with Crippen LogP contribution < -0.4 is 9.44 Å². The maximum atomic E-state index is 12.7. The number of hydrogen-bond acceptors (Lipinski definition) is 5. The number of anilines is 2. The van der Waals surface area contributed by atoms with Crippen LogP contribution in [0.2, 0.25) is 5.02 Å². The highest BCUT2D eigenvalue weighted by atomic mass is 35.5. The summed E-state index contributed by atoms with van der Waals surface area (Å²) in [5, 5.41) is 0.256. The number of thiophene rings is 1. The first-order valence-corrected chi connectivity index (χ1v) is 12.2. The van der Waals surface area contributed by atoms with Crippen molar-refractivity contribution in [2.45, 2.75) is 23.6 Å². The molecule has 0 amide bonds. The molecule has 28 heavy (non-hydrogen) atoms. The van der Waals surface area contributed by atoms with E-state index in [2.05, 4.69) is 9.44 Å². The Morgan fingerprint density at radius 1 is 0.857 bits per heavy atom. The minimum absolute atomic E-state index is 0.0918. The van der Waals surface area contributed by atoms with Crippen molar-refractivity contribution in [1.82, 2.24) is 0 Å². The van der Waals surface area contributed by atoms with E-state index < -0.39 is 20.0 Å². The van der Waals surface area contributed by atoms with Gasteiger partial charge in [0.05, 0.1) is 21.3 Å². The van der Waals surface area contributed by atoms with Gasteiger partial charge < -0.3 is 0 Å². The van der Waals surface area contributed by atoms with Crippen molar-refractivity contribution in [3.8, 4) is 0 Å². The van der Waals surface area contributed by atoms with Gasteiger partial charge in [-0.3, -0.25) is 9.44 Å². The van der Waals surface area contributed by atoms with Gasteiger partial charge in [-0.25, -0.2) is 16.8 Å². The van der Waals surface area contributed by atoms with Crippen molar-refractivity contribution < 1.29 is 16.8 Å². The van der Waals surface area contributed by atoms with Crippen LogP contribution in [0.15, 0.2) is 64.4 Å². The highest BCUT2D eigenvalue weighted by Gasteiger charge is 2.21. The summed E-state index contributed by atoms with van der Waals surface area (Å²) in [6.07, 6.45) is 0. The topological polar surface area (TPSA) is 92.3 Å². The summed E-state index contributed by atoms with van der Waals surface area (Å²) in [6, 6.07) is 13.6. The lowest BCUT2D eigenvalue weighted by Gasteiger charge is -2.12. The molecule has 0 aliphatic carbocycles. The molecule has 0 fully saturated rings. The number of rotatable bonds is 6. The van der Waals surface area contributed by atoms with Crippen molar-refractivity contribution in [2.24, 2.45) is 0 Å². The maximum absolute atomic E-state index is 12.7. The number of sulfonamides is 2. The van der Waals surface area contributed by atoms with Crippen LogP contribution in [0.4, 0.5) is 11.4 Å². The van der Waals surface area contributed by atoms with E-state index in [9.17, 15) is 16.8 Å². The van der Waals surface area contributed by atoms with Crippen molar-refractivity contribution >= 4 is 54.4 Å². The molecule has 0 saturated carbocycles. The van der Waals surface area contributed by atoms with Gasteiger partial charge in [-0.1, -0.05) is 29.8 Å². The highest BCUT2D eigenvalue weighted by Crippen LogP contribution is 2.28. The lowest BCUT2D eigenvalue weighted by Crippen LogP contribution is -2.15. The molecule has 0 atom stereocenters. The van der Waals surface area contributed by atoms with Gasteiger partial charge in [-0.15, -0.1) is 11.3 Å². The smallest absolute Gasteiger partial charge is 0.262 e. The van der Waals surface area contributed by atoms with Crippen LogP contribution in [0.5, 0.6) is 0 Å². The van der Waals surface area contributed by atoms with Gasteiger partial charge in [-0.05, 0) is 50.2 Å². The third-order valence-electron chi connectivity index (χ3n) is 3.80. The normalized spacial score (nSPS) is 12.0. The second-order valence-electron chi connectivity index (χ2n) is 6.00.